The third-order valence-electron chi connectivity index (χ3n) is 3.61. The van der Waals surface area contributed by atoms with Crippen LogP contribution in [-0.2, 0) is 9.53 Å². The van der Waals surface area contributed by atoms with Crippen LogP contribution < -0.4 is 0 Å². The van der Waals surface area contributed by atoms with Crippen molar-refractivity contribution in [2.75, 3.05) is 39.9 Å². The normalized spacial score (nSPS) is 25.0. The minimum atomic E-state index is -0.150. The average Bonchev–Trinajstić information content (AvgIpc) is 2.92. The summed E-state index contributed by atoms with van der Waals surface area (Å²) < 4.78 is 5.37. The average molecular weight is 254 g/mol. The van der Waals surface area contributed by atoms with Crippen LogP contribution in [0.2, 0.25) is 0 Å². The summed E-state index contributed by atoms with van der Waals surface area (Å²) >= 11 is 0. The molecule has 2 aliphatic rings. The van der Waals surface area contributed by atoms with Gasteiger partial charge in [0.25, 0.3) is 0 Å². The highest BCUT2D eigenvalue weighted by Gasteiger charge is 2.24. The highest BCUT2D eigenvalue weighted by Crippen LogP contribution is 2.20. The van der Waals surface area contributed by atoms with E-state index in [-0.39, 0.29) is 18.6 Å². The predicted molar refractivity (Wildman–Crippen MR) is 68.0 cm³/mol. The minimum Gasteiger partial charge on any atom is -0.394 e. The number of rotatable bonds is 4. The van der Waals surface area contributed by atoms with Gasteiger partial charge < -0.3 is 14.7 Å². The second-order valence-electron chi connectivity index (χ2n) is 4.95. The summed E-state index contributed by atoms with van der Waals surface area (Å²) in [6.07, 6.45) is 5.23. The van der Waals surface area contributed by atoms with Gasteiger partial charge in [-0.2, -0.15) is 0 Å². The zero-order chi connectivity index (χ0) is 13.0. The Morgan fingerprint density at radius 2 is 2.50 bits per heavy atom. The van der Waals surface area contributed by atoms with Crippen LogP contribution in [0.5, 0.6) is 0 Å². The fourth-order valence-electron chi connectivity index (χ4n) is 2.45. The molecule has 18 heavy (non-hydrogen) atoms. The van der Waals surface area contributed by atoms with Crippen LogP contribution in [-0.4, -0.2) is 66.8 Å². The van der Waals surface area contributed by atoms with Crippen LogP contribution in [0.1, 0.15) is 19.3 Å². The lowest BCUT2D eigenvalue weighted by molar-refractivity contribution is -0.132. The van der Waals surface area contributed by atoms with E-state index in [4.69, 9.17) is 9.84 Å². The summed E-state index contributed by atoms with van der Waals surface area (Å²) in [5, 5.41) is 9.07. The van der Waals surface area contributed by atoms with Crippen molar-refractivity contribution in [1.29, 1.82) is 0 Å². The number of morpholine rings is 1. The summed E-state index contributed by atoms with van der Waals surface area (Å²) in [4.78, 5) is 16.0. The van der Waals surface area contributed by atoms with Gasteiger partial charge in [-0.05, 0) is 19.3 Å². The number of hydrogen-bond donors (Lipinski definition) is 1. The second kappa shape index (κ2) is 6.31. The Balaban J connectivity index is 1.83. The smallest absolute Gasteiger partial charge is 0.240 e. The van der Waals surface area contributed by atoms with Crippen LogP contribution in [0.25, 0.3) is 0 Å². The molecule has 1 aliphatic heterocycles. The maximum Gasteiger partial charge on any atom is 0.240 e. The molecule has 0 aromatic heterocycles. The number of carbonyl (C=O) groups excluding carboxylic acids is 1. The number of aliphatic hydroxyl groups excluding tert-OH is 1. The van der Waals surface area contributed by atoms with E-state index in [2.05, 4.69) is 11.0 Å². The van der Waals surface area contributed by atoms with Gasteiger partial charge in [0.2, 0.25) is 5.91 Å². The minimum absolute atomic E-state index is 0.0195. The van der Waals surface area contributed by atoms with Crippen LogP contribution in [0.15, 0.2) is 11.8 Å². The van der Waals surface area contributed by atoms with E-state index in [1.807, 2.05) is 7.05 Å². The van der Waals surface area contributed by atoms with E-state index in [0.717, 1.165) is 31.5 Å². The van der Waals surface area contributed by atoms with Gasteiger partial charge in [0.15, 0.2) is 0 Å². The first-order chi connectivity index (χ1) is 8.70. The van der Waals surface area contributed by atoms with Crippen molar-refractivity contribution >= 4 is 5.91 Å². The number of amides is 1. The Bertz CT molecular complexity index is 330. The SMILES string of the molecule is CN(C(=O)CN1CCOC(CO)C1)C1=CCCC1. The van der Waals surface area contributed by atoms with Gasteiger partial charge in [-0.25, -0.2) is 0 Å². The fourth-order valence-corrected chi connectivity index (χ4v) is 2.45. The predicted octanol–water partition coefficient (Wildman–Crippen LogP) is 0.206. The number of aliphatic hydroxyl groups is 1. The van der Waals surface area contributed by atoms with Crippen LogP contribution in [0, 0.1) is 0 Å². The number of ether oxygens (including phenoxy) is 1. The molecule has 1 fully saturated rings. The molecule has 0 radical (unpaired) electrons. The van der Waals surface area contributed by atoms with Crippen LogP contribution in [0.3, 0.4) is 0 Å². The fraction of sp³-hybridized carbons (Fsp3) is 0.769. The summed E-state index contributed by atoms with van der Waals surface area (Å²) in [7, 11) is 1.85. The number of likely N-dealkylation sites (N-methyl/N-ethyl adjacent to an activating group) is 1. The molecule has 1 saturated heterocycles. The molecular weight excluding hydrogens is 232 g/mol. The van der Waals surface area contributed by atoms with E-state index >= 15 is 0 Å². The largest absolute Gasteiger partial charge is 0.394 e. The molecule has 0 aromatic rings. The Labute approximate surface area is 108 Å². The summed E-state index contributed by atoms with van der Waals surface area (Å²) in [6, 6.07) is 0. The molecule has 5 heteroatoms. The lowest BCUT2D eigenvalue weighted by Gasteiger charge is -2.32. The Hall–Kier alpha value is -0.910. The van der Waals surface area contributed by atoms with Crippen molar-refractivity contribution in [2.45, 2.75) is 25.4 Å². The molecule has 5 nitrogen and oxygen atoms in total. The molecular formula is C13H22N2O3. The van der Waals surface area contributed by atoms with Crippen molar-refractivity contribution in [2.24, 2.45) is 0 Å². The third-order valence-corrected chi connectivity index (χ3v) is 3.61. The Kier molecular flexibility index (Phi) is 4.74. The van der Waals surface area contributed by atoms with E-state index in [0.29, 0.717) is 19.7 Å². The summed E-state index contributed by atoms with van der Waals surface area (Å²) in [5.41, 5.74) is 1.15. The van der Waals surface area contributed by atoms with E-state index in [1.165, 1.54) is 0 Å². The zero-order valence-electron chi connectivity index (χ0n) is 11.0. The number of carbonyl (C=O) groups is 1. The molecule has 1 atom stereocenters. The lowest BCUT2D eigenvalue weighted by atomic mass is 10.2. The third kappa shape index (κ3) is 3.31. The van der Waals surface area contributed by atoms with Crippen molar-refractivity contribution in [3.05, 3.63) is 11.8 Å². The first-order valence-corrected chi connectivity index (χ1v) is 6.61. The first-order valence-electron chi connectivity index (χ1n) is 6.61. The maximum absolute atomic E-state index is 12.1. The van der Waals surface area contributed by atoms with Crippen molar-refractivity contribution in [1.82, 2.24) is 9.80 Å². The van der Waals surface area contributed by atoms with E-state index in [1.54, 1.807) is 4.90 Å². The Morgan fingerprint density at radius 1 is 1.67 bits per heavy atom. The summed E-state index contributed by atoms with van der Waals surface area (Å²) in [6.45, 7) is 2.41. The highest BCUT2D eigenvalue weighted by molar-refractivity contribution is 5.79. The number of allylic oxidation sites excluding steroid dienone is 2. The molecule has 1 unspecified atom stereocenters. The lowest BCUT2D eigenvalue weighted by Crippen LogP contribution is -2.48. The maximum atomic E-state index is 12.1. The molecule has 2 rings (SSSR count). The van der Waals surface area contributed by atoms with Gasteiger partial charge in [-0.3, -0.25) is 9.69 Å². The molecule has 0 saturated carbocycles. The van der Waals surface area contributed by atoms with Crippen LogP contribution in [0.4, 0.5) is 0 Å². The quantitative estimate of drug-likeness (QED) is 0.779. The molecule has 102 valence electrons. The van der Waals surface area contributed by atoms with E-state index in [9.17, 15) is 4.79 Å². The van der Waals surface area contributed by atoms with Gasteiger partial charge in [-0.15, -0.1) is 0 Å². The first kappa shape index (κ1) is 13.5. The zero-order valence-corrected chi connectivity index (χ0v) is 11.0. The topological polar surface area (TPSA) is 53.0 Å². The molecule has 1 heterocycles. The molecule has 0 spiro atoms. The molecule has 1 N–H and O–H groups in total. The number of nitrogens with zero attached hydrogens (tertiary/aromatic N) is 2. The second-order valence-corrected chi connectivity index (χ2v) is 4.95. The molecule has 0 bridgehead atoms. The monoisotopic (exact) mass is 254 g/mol. The standard InChI is InChI=1S/C13H22N2O3/c1-14(11-4-2-3-5-11)13(17)9-15-6-7-18-12(8-15)10-16/h4,12,16H,2-3,5-10H2,1H3. The summed E-state index contributed by atoms with van der Waals surface area (Å²) in [5.74, 6) is 0.127. The van der Waals surface area contributed by atoms with Crippen molar-refractivity contribution in [3.63, 3.8) is 0 Å². The van der Waals surface area contributed by atoms with Gasteiger partial charge in [0.1, 0.15) is 0 Å². The van der Waals surface area contributed by atoms with Crippen molar-refractivity contribution < 1.29 is 14.6 Å². The molecule has 1 amide bonds. The van der Waals surface area contributed by atoms with Gasteiger partial charge >= 0.3 is 0 Å². The van der Waals surface area contributed by atoms with Gasteiger partial charge in [0.05, 0.1) is 25.9 Å². The van der Waals surface area contributed by atoms with Crippen molar-refractivity contribution in [3.8, 4) is 0 Å². The number of hydrogen-bond acceptors (Lipinski definition) is 4. The molecule has 1 aliphatic carbocycles. The highest BCUT2D eigenvalue weighted by atomic mass is 16.5. The van der Waals surface area contributed by atoms with Gasteiger partial charge in [0, 0.05) is 25.8 Å². The van der Waals surface area contributed by atoms with E-state index < -0.39 is 0 Å². The van der Waals surface area contributed by atoms with Crippen LogP contribution >= 0.6 is 0 Å². The molecule has 0 aromatic carbocycles. The Morgan fingerprint density at radius 3 is 3.17 bits per heavy atom. The van der Waals surface area contributed by atoms with Gasteiger partial charge in [-0.1, -0.05) is 6.08 Å².